The molecule has 0 rings (SSSR count). The van der Waals surface area contributed by atoms with E-state index in [1.807, 2.05) is 0 Å². The van der Waals surface area contributed by atoms with E-state index in [2.05, 4.69) is 0 Å². The molecule has 0 fully saturated rings. The Morgan fingerprint density at radius 3 is 0.429 bits per heavy atom. The van der Waals surface area contributed by atoms with E-state index in [0.717, 1.165) is 0 Å². The van der Waals surface area contributed by atoms with Crippen molar-refractivity contribution < 1.29 is 70.3 Å². The molecule has 0 aliphatic heterocycles. The summed E-state index contributed by atoms with van der Waals surface area (Å²) in [6, 6.07) is 0. The van der Waals surface area contributed by atoms with Gasteiger partial charge >= 0.3 is 70.3 Å². The molecule has 15 nitrogen and oxygen atoms in total. The molecule has 21 heavy (non-hydrogen) atoms. The second-order valence-corrected chi connectivity index (χ2v) is 3.99. The molecule has 0 unspecified atom stereocenters. The van der Waals surface area contributed by atoms with E-state index in [-0.39, 0.29) is 24.4 Å². The predicted molar refractivity (Wildman–Crippen MR) is 49.1 cm³/mol. The van der Waals surface area contributed by atoms with Crippen molar-refractivity contribution >= 4 is 70.3 Å². The van der Waals surface area contributed by atoms with Crippen molar-refractivity contribution in [2.75, 3.05) is 0 Å². The van der Waals surface area contributed by atoms with Gasteiger partial charge in [-0.1, -0.05) is 0 Å². The summed E-state index contributed by atoms with van der Waals surface area (Å²) in [4.78, 5) is 78.4. The Bertz CT molecular complexity index is 207. The summed E-state index contributed by atoms with van der Waals surface area (Å²) < 4.78 is 43.1. The fourth-order valence-electron chi connectivity index (χ4n) is 0. The average molecular weight is 507 g/mol. The van der Waals surface area contributed by atoms with Crippen LogP contribution in [0, 0.1) is 0 Å². The summed E-state index contributed by atoms with van der Waals surface area (Å²) >= 11 is 0. The zero-order chi connectivity index (χ0) is 17.9. The first kappa shape index (κ1) is 36.8. The van der Waals surface area contributed by atoms with E-state index in [4.69, 9.17) is 70.3 Å². The minimum atomic E-state index is -3.38. The molecule has 0 aromatic rings. The van der Waals surface area contributed by atoms with E-state index in [1.165, 1.54) is 0 Å². The Morgan fingerprint density at radius 1 is 0.429 bits per heavy atom. The van der Waals surface area contributed by atoms with Crippen molar-refractivity contribution in [3.63, 3.8) is 0 Å². The van der Waals surface area contributed by atoms with Crippen LogP contribution in [-0.2, 0) is 22.3 Å². The molecule has 0 atom stereocenters. The Labute approximate surface area is 140 Å². The zero-order valence-electron chi connectivity index (χ0n) is 9.27. The number of hydrogen-bond donors (Lipinski definition) is 5. The molecule has 0 saturated carbocycles. The molecule has 0 bridgehead atoms. The van der Waals surface area contributed by atoms with Gasteiger partial charge in [-0.2, -0.15) is 0 Å². The van der Waals surface area contributed by atoms with Crippen LogP contribution in [0.15, 0.2) is 0 Å². The molecule has 0 aliphatic rings. The van der Waals surface area contributed by atoms with Gasteiger partial charge in [-0.3, -0.25) is 0 Å². The molecule has 120 valence electrons. The Morgan fingerprint density at radius 2 is 0.429 bits per heavy atom. The summed E-state index contributed by atoms with van der Waals surface area (Å²) in [5, 5.41) is 0. The molecular formula is H5O15SbSi5. The summed E-state index contributed by atoms with van der Waals surface area (Å²) in [6.07, 6.45) is 0. The van der Waals surface area contributed by atoms with E-state index in [9.17, 15) is 0 Å². The van der Waals surface area contributed by atoms with Crippen LogP contribution in [0.25, 0.3) is 0 Å². The molecule has 0 amide bonds. The smallest absolute Gasteiger partial charge is 0.604 e. The molecule has 0 aromatic heterocycles. The fourth-order valence-corrected chi connectivity index (χ4v) is 0. The van der Waals surface area contributed by atoms with Crippen molar-refractivity contribution in [3.05, 3.63) is 0 Å². The van der Waals surface area contributed by atoms with Crippen LogP contribution < -0.4 is 24.0 Å². The zero-order valence-corrected chi connectivity index (χ0v) is 16.8. The van der Waals surface area contributed by atoms with Crippen molar-refractivity contribution in [2.45, 2.75) is 0 Å². The second-order valence-electron chi connectivity index (χ2n) is 1.33. The van der Waals surface area contributed by atoms with Crippen LogP contribution in [0.2, 0.25) is 0 Å². The molecule has 0 saturated heterocycles. The third kappa shape index (κ3) is 4480. The van der Waals surface area contributed by atoms with Gasteiger partial charge in [0.15, 0.2) is 0 Å². The fraction of sp³-hybridized carbons (Fsp3) is 0. The molecule has 21 heteroatoms. The van der Waals surface area contributed by atoms with Crippen molar-refractivity contribution in [1.29, 1.82) is 0 Å². The standard InChI is InChI=1S/5HO3Si.Sb/c5*1-4(2)3;/h5*1H;/q5*-1;+5. The van der Waals surface area contributed by atoms with Gasteiger partial charge in [-0.05, 0) is 0 Å². The van der Waals surface area contributed by atoms with Crippen LogP contribution in [0.3, 0.4) is 0 Å². The van der Waals surface area contributed by atoms with E-state index in [1.54, 1.807) is 0 Å². The number of rotatable bonds is 0. The molecule has 0 radical (unpaired) electrons. The molecule has 5 N–H and O–H groups in total. The van der Waals surface area contributed by atoms with E-state index in [0.29, 0.717) is 0 Å². The summed E-state index contributed by atoms with van der Waals surface area (Å²) in [6.45, 7) is 0. The maximum Gasteiger partial charge on any atom is 5.00 e. The first-order chi connectivity index (χ1) is 8.66. The first-order valence-corrected chi connectivity index (χ1v) is 9.48. The average Bonchev–Trinajstić information content (AvgIpc) is 1.94. The van der Waals surface area contributed by atoms with Crippen molar-refractivity contribution in [1.82, 2.24) is 0 Å². The third-order valence-corrected chi connectivity index (χ3v) is 0. The Balaban J connectivity index is -0.0000000331. The quantitative estimate of drug-likeness (QED) is 0.190. The Kier molecular flexibility index (Phi) is 54.9. The summed E-state index contributed by atoms with van der Waals surface area (Å²) in [5.41, 5.74) is 0. The largest absolute Gasteiger partial charge is 5.00 e. The van der Waals surface area contributed by atoms with Gasteiger partial charge in [0.05, 0.1) is 0 Å². The molecule has 0 aliphatic carbocycles. The molecule has 0 heterocycles. The third-order valence-electron chi connectivity index (χ3n) is 0. The number of hydrogen-bond acceptors (Lipinski definition) is 10. The Hall–Kier alpha value is -1.10. The maximum atomic E-state index is 8.63. The predicted octanol–water partition coefficient (Wildman–Crippen LogP) is -11.6. The normalized spacial score (nSPS) is 5.71. The maximum absolute atomic E-state index is 8.63. The topological polar surface area (TPSA) is 302 Å². The monoisotopic (exact) mass is 506 g/mol. The van der Waals surface area contributed by atoms with Crippen LogP contribution in [0.4, 0.5) is 0 Å². The van der Waals surface area contributed by atoms with Crippen molar-refractivity contribution in [3.8, 4) is 0 Å². The van der Waals surface area contributed by atoms with Crippen LogP contribution >= 0.6 is 0 Å². The minimum Gasteiger partial charge on any atom is -0.604 e. The van der Waals surface area contributed by atoms with E-state index < -0.39 is 45.9 Å². The van der Waals surface area contributed by atoms with Gasteiger partial charge in [-0.25, -0.2) is 0 Å². The van der Waals surface area contributed by atoms with Gasteiger partial charge in [0.1, 0.15) is 0 Å². The first-order valence-electron chi connectivity index (χ1n) is 3.16. The van der Waals surface area contributed by atoms with Gasteiger partial charge in [0.25, 0.3) is 0 Å². The van der Waals surface area contributed by atoms with Gasteiger partial charge in [0.2, 0.25) is 0 Å². The SMILES string of the molecule is O=[Si]([O-])O.O=[Si]([O-])O.O=[Si]([O-])O.O=[Si]([O-])O.O=[Si]([O-])O.[Sb+5]. The van der Waals surface area contributed by atoms with Crippen molar-refractivity contribution in [2.24, 2.45) is 0 Å². The van der Waals surface area contributed by atoms with Gasteiger partial charge in [-0.15, -0.1) is 0 Å². The van der Waals surface area contributed by atoms with Crippen LogP contribution in [-0.4, -0.2) is 94.3 Å². The molecule has 0 aromatic carbocycles. The summed E-state index contributed by atoms with van der Waals surface area (Å²) in [5.74, 6) is 0. The van der Waals surface area contributed by atoms with Gasteiger partial charge in [0, 0.05) is 0 Å². The van der Waals surface area contributed by atoms with Crippen LogP contribution in [0.5, 0.6) is 0 Å². The molecule has 0 spiro atoms. The van der Waals surface area contributed by atoms with Crippen LogP contribution in [0.1, 0.15) is 0 Å². The molecular weight excluding hydrogens is 502 g/mol. The van der Waals surface area contributed by atoms with Gasteiger partial charge < -0.3 is 70.3 Å². The van der Waals surface area contributed by atoms with E-state index >= 15 is 0 Å². The second kappa shape index (κ2) is 31.3. The minimum absolute atomic E-state index is 0. The summed E-state index contributed by atoms with van der Waals surface area (Å²) in [7, 11) is -16.9.